The molecule has 6 nitrogen and oxygen atoms in total. The van der Waals surface area contributed by atoms with Crippen LogP contribution in [-0.4, -0.2) is 18.2 Å². The second-order valence-corrected chi connectivity index (χ2v) is 7.20. The van der Waals surface area contributed by atoms with Gasteiger partial charge in [0.1, 0.15) is 0 Å². The van der Waals surface area contributed by atoms with Crippen LogP contribution in [0, 0.1) is 13.8 Å². The van der Waals surface area contributed by atoms with Crippen LogP contribution in [-0.2, 0) is 19.6 Å². The Morgan fingerprint density at radius 3 is 1.67 bits per heavy atom. The largest absolute Gasteiger partial charge is 0.373 e. The van der Waals surface area contributed by atoms with E-state index in [1.165, 1.54) is 0 Å². The summed E-state index contributed by atoms with van der Waals surface area (Å²) in [6, 6.07) is 14.1. The van der Waals surface area contributed by atoms with E-state index >= 15 is 0 Å². The number of rotatable bonds is 12. The molecule has 0 fully saturated rings. The second kappa shape index (κ2) is 12.8. The van der Waals surface area contributed by atoms with Crippen molar-refractivity contribution >= 4 is 11.9 Å². The number of benzene rings is 2. The van der Waals surface area contributed by atoms with Crippen LogP contribution >= 0.6 is 0 Å². The molecule has 0 saturated heterocycles. The molecule has 2 aromatic rings. The molecule has 2 rings (SSSR count). The van der Waals surface area contributed by atoms with Crippen molar-refractivity contribution in [2.24, 2.45) is 0 Å². The summed E-state index contributed by atoms with van der Waals surface area (Å²) in [5.74, 6) is -1.25. The molecular formula is C24H30O6. The predicted octanol–water partition coefficient (Wildman–Crippen LogP) is 5.87. The summed E-state index contributed by atoms with van der Waals surface area (Å²) in [4.78, 5) is 44.8. The normalized spacial score (nSPS) is 10.8. The average molecular weight is 414 g/mol. The van der Waals surface area contributed by atoms with Crippen LogP contribution in [0.3, 0.4) is 0 Å². The Labute approximate surface area is 178 Å². The zero-order chi connectivity index (χ0) is 21.8. The molecule has 0 aliphatic heterocycles. The van der Waals surface area contributed by atoms with Crippen LogP contribution in [0.25, 0.3) is 0 Å². The Morgan fingerprint density at radius 1 is 0.733 bits per heavy atom. The summed E-state index contributed by atoms with van der Waals surface area (Å²) < 4.78 is 0. The summed E-state index contributed by atoms with van der Waals surface area (Å²) >= 11 is 0. The Bertz CT molecular complexity index is 755. The smallest absolute Gasteiger partial charge is 0.290 e. The Hall–Kier alpha value is -2.70. The molecule has 0 atom stereocenters. The van der Waals surface area contributed by atoms with E-state index in [0.29, 0.717) is 17.5 Å². The lowest BCUT2D eigenvalue weighted by molar-refractivity contribution is -0.421. The van der Waals surface area contributed by atoms with Crippen LogP contribution in [0.15, 0.2) is 48.5 Å². The third kappa shape index (κ3) is 7.61. The van der Waals surface area contributed by atoms with Crippen LogP contribution in [0.4, 0.5) is 0 Å². The van der Waals surface area contributed by atoms with Gasteiger partial charge in [-0.05, 0) is 43.5 Å². The zero-order valence-electron chi connectivity index (χ0n) is 17.9. The van der Waals surface area contributed by atoms with Crippen molar-refractivity contribution in [3.8, 4) is 0 Å². The molecule has 0 aliphatic carbocycles. The predicted molar refractivity (Wildman–Crippen MR) is 113 cm³/mol. The lowest BCUT2D eigenvalue weighted by Gasteiger charge is -2.16. The van der Waals surface area contributed by atoms with Crippen LogP contribution in [0.1, 0.15) is 77.3 Å². The monoisotopic (exact) mass is 414 g/mol. The molecule has 2 aromatic carbocycles. The standard InChI is InChI=1S/C24H30O6/c1-4-5-6-7-8-17-22(27-29-23(25)20-15-11-9-13-18(20)2)28-30-24(26)21-16-12-10-14-19(21)3/h9-16,22H,4-8,17H2,1-3H3. The van der Waals surface area contributed by atoms with E-state index in [1.807, 2.05) is 38.1 Å². The number of hydrogen-bond donors (Lipinski definition) is 0. The summed E-state index contributed by atoms with van der Waals surface area (Å²) in [6.45, 7) is 5.76. The molecule has 0 saturated carbocycles. The Morgan fingerprint density at radius 2 is 1.20 bits per heavy atom. The van der Waals surface area contributed by atoms with E-state index in [2.05, 4.69) is 6.92 Å². The van der Waals surface area contributed by atoms with Crippen LogP contribution in [0.2, 0.25) is 0 Å². The van der Waals surface area contributed by atoms with E-state index in [9.17, 15) is 9.59 Å². The van der Waals surface area contributed by atoms with E-state index in [0.717, 1.165) is 43.2 Å². The van der Waals surface area contributed by atoms with Gasteiger partial charge in [-0.25, -0.2) is 9.59 Å². The van der Waals surface area contributed by atoms with Crippen molar-refractivity contribution in [1.29, 1.82) is 0 Å². The van der Waals surface area contributed by atoms with Crippen LogP contribution in [0.5, 0.6) is 0 Å². The van der Waals surface area contributed by atoms with E-state index in [4.69, 9.17) is 19.6 Å². The van der Waals surface area contributed by atoms with Crippen molar-refractivity contribution in [3.63, 3.8) is 0 Å². The second-order valence-electron chi connectivity index (χ2n) is 7.20. The van der Waals surface area contributed by atoms with Gasteiger partial charge in [-0.1, -0.05) is 69.0 Å². The fourth-order valence-corrected chi connectivity index (χ4v) is 2.92. The number of unbranched alkanes of at least 4 members (excludes halogenated alkanes) is 4. The summed E-state index contributed by atoms with van der Waals surface area (Å²) in [7, 11) is 0. The van der Waals surface area contributed by atoms with Gasteiger partial charge in [0.15, 0.2) is 0 Å². The number of aryl methyl sites for hydroxylation is 2. The van der Waals surface area contributed by atoms with Crippen molar-refractivity contribution in [2.45, 2.75) is 65.6 Å². The molecule has 0 spiro atoms. The summed E-state index contributed by atoms with van der Waals surface area (Å²) in [5.41, 5.74) is 2.34. The summed E-state index contributed by atoms with van der Waals surface area (Å²) in [6.07, 6.45) is 4.56. The molecule has 30 heavy (non-hydrogen) atoms. The SMILES string of the molecule is CCCCCCCC(OOC(=O)c1ccccc1C)OOC(=O)c1ccccc1C. The van der Waals surface area contributed by atoms with Crippen molar-refractivity contribution in [2.75, 3.05) is 0 Å². The van der Waals surface area contributed by atoms with Gasteiger partial charge in [0.05, 0.1) is 11.1 Å². The third-order valence-corrected chi connectivity index (χ3v) is 4.74. The molecule has 162 valence electrons. The van der Waals surface area contributed by atoms with Gasteiger partial charge in [0, 0.05) is 6.42 Å². The van der Waals surface area contributed by atoms with Gasteiger partial charge in [0.25, 0.3) is 0 Å². The topological polar surface area (TPSA) is 71.1 Å². The minimum Gasteiger partial charge on any atom is -0.290 e. The maximum Gasteiger partial charge on any atom is 0.373 e. The fourth-order valence-electron chi connectivity index (χ4n) is 2.92. The minimum atomic E-state index is -1.01. The van der Waals surface area contributed by atoms with Gasteiger partial charge in [-0.3, -0.25) is 9.78 Å². The molecule has 0 radical (unpaired) electrons. The Kier molecular flexibility index (Phi) is 10.0. The molecule has 0 amide bonds. The minimum absolute atomic E-state index is 0.399. The first-order valence-corrected chi connectivity index (χ1v) is 10.4. The lowest BCUT2D eigenvalue weighted by Crippen LogP contribution is -2.22. The Balaban J connectivity index is 1.92. The zero-order valence-corrected chi connectivity index (χ0v) is 17.9. The molecule has 0 aromatic heterocycles. The van der Waals surface area contributed by atoms with Gasteiger partial charge in [-0.2, -0.15) is 0 Å². The number of hydrogen-bond acceptors (Lipinski definition) is 6. The highest BCUT2D eigenvalue weighted by Crippen LogP contribution is 2.16. The number of carbonyl (C=O) groups excluding carboxylic acids is 2. The quantitative estimate of drug-likeness (QED) is 0.187. The molecule has 0 bridgehead atoms. The molecule has 6 heteroatoms. The first kappa shape index (κ1) is 23.6. The van der Waals surface area contributed by atoms with E-state index in [-0.39, 0.29) is 0 Å². The first-order chi connectivity index (χ1) is 14.5. The average Bonchev–Trinajstić information content (AvgIpc) is 2.75. The molecule has 0 N–H and O–H groups in total. The van der Waals surface area contributed by atoms with E-state index < -0.39 is 18.2 Å². The van der Waals surface area contributed by atoms with Gasteiger partial charge in [-0.15, -0.1) is 9.78 Å². The molecule has 0 aliphatic rings. The van der Waals surface area contributed by atoms with Crippen LogP contribution < -0.4 is 0 Å². The number of carbonyl (C=O) groups is 2. The maximum absolute atomic E-state index is 12.3. The third-order valence-electron chi connectivity index (χ3n) is 4.74. The molecule has 0 heterocycles. The van der Waals surface area contributed by atoms with Gasteiger partial charge in [0.2, 0.25) is 6.29 Å². The highest BCUT2D eigenvalue weighted by molar-refractivity contribution is 5.91. The van der Waals surface area contributed by atoms with Gasteiger partial charge < -0.3 is 0 Å². The fraction of sp³-hybridized carbons (Fsp3) is 0.417. The molecule has 0 unspecified atom stereocenters. The van der Waals surface area contributed by atoms with Crippen molar-refractivity contribution in [1.82, 2.24) is 0 Å². The highest BCUT2D eigenvalue weighted by Gasteiger charge is 2.20. The van der Waals surface area contributed by atoms with Crippen molar-refractivity contribution in [3.05, 3.63) is 70.8 Å². The highest BCUT2D eigenvalue weighted by atomic mass is 17.3. The maximum atomic E-state index is 12.3. The molecular weight excluding hydrogens is 384 g/mol. The lowest BCUT2D eigenvalue weighted by atomic mass is 10.1. The van der Waals surface area contributed by atoms with Gasteiger partial charge >= 0.3 is 11.9 Å². The summed E-state index contributed by atoms with van der Waals surface area (Å²) in [5, 5.41) is 0. The van der Waals surface area contributed by atoms with E-state index in [1.54, 1.807) is 24.3 Å². The van der Waals surface area contributed by atoms with Crippen molar-refractivity contribution < 1.29 is 29.1 Å². The first-order valence-electron chi connectivity index (χ1n) is 10.4.